The number of carboxylic acid groups (broad SMARTS) is 1. The van der Waals surface area contributed by atoms with Gasteiger partial charge < -0.3 is 14.9 Å². The lowest BCUT2D eigenvalue weighted by Gasteiger charge is -2.29. The highest BCUT2D eigenvalue weighted by Crippen LogP contribution is 2.23. The summed E-state index contributed by atoms with van der Waals surface area (Å²) in [6, 6.07) is 0. The number of carbonyl (C=O) groups is 1. The molecule has 0 aliphatic carbocycles. The van der Waals surface area contributed by atoms with E-state index < -0.39 is 17.5 Å². The minimum Gasteiger partial charge on any atom is -0.481 e. The maximum atomic E-state index is 10.9. The molecule has 14 heavy (non-hydrogen) atoms. The summed E-state index contributed by atoms with van der Waals surface area (Å²) in [4.78, 5) is 10.9. The van der Waals surface area contributed by atoms with Crippen molar-refractivity contribution in [2.45, 2.75) is 38.7 Å². The zero-order valence-corrected chi connectivity index (χ0v) is 9.12. The Balaban J connectivity index is 4.38. The minimum atomic E-state index is -1.28. The van der Waals surface area contributed by atoms with Gasteiger partial charge >= 0.3 is 5.97 Å². The first-order chi connectivity index (χ1) is 6.45. The van der Waals surface area contributed by atoms with Gasteiger partial charge in [-0.2, -0.15) is 0 Å². The van der Waals surface area contributed by atoms with E-state index in [9.17, 15) is 9.90 Å². The first-order valence-electron chi connectivity index (χ1n) is 4.89. The van der Waals surface area contributed by atoms with Crippen LogP contribution in [0.15, 0.2) is 0 Å². The Morgan fingerprint density at radius 2 is 2.14 bits per heavy atom. The van der Waals surface area contributed by atoms with Gasteiger partial charge in [0.05, 0.1) is 18.1 Å². The second kappa shape index (κ2) is 5.98. The van der Waals surface area contributed by atoms with Crippen LogP contribution in [-0.2, 0) is 9.53 Å². The minimum absolute atomic E-state index is 0.0493. The van der Waals surface area contributed by atoms with E-state index in [0.29, 0.717) is 6.42 Å². The largest absolute Gasteiger partial charge is 0.481 e. The van der Waals surface area contributed by atoms with Crippen LogP contribution in [0.4, 0.5) is 0 Å². The van der Waals surface area contributed by atoms with Gasteiger partial charge in [0, 0.05) is 7.11 Å². The highest BCUT2D eigenvalue weighted by molar-refractivity contribution is 5.71. The lowest BCUT2D eigenvalue weighted by atomic mass is 9.86. The molecule has 2 N–H and O–H groups in total. The van der Waals surface area contributed by atoms with E-state index in [0.717, 1.165) is 12.8 Å². The van der Waals surface area contributed by atoms with Gasteiger partial charge in [-0.05, 0) is 13.3 Å². The van der Waals surface area contributed by atoms with E-state index >= 15 is 0 Å². The molecule has 0 fully saturated rings. The number of hydrogen-bond donors (Lipinski definition) is 2. The number of aliphatic hydroxyl groups is 1. The van der Waals surface area contributed by atoms with Crippen molar-refractivity contribution in [2.24, 2.45) is 5.92 Å². The number of rotatable bonds is 7. The average Bonchev–Trinajstić information content (AvgIpc) is 2.03. The van der Waals surface area contributed by atoms with Gasteiger partial charge in [0.2, 0.25) is 0 Å². The molecule has 0 aliphatic heterocycles. The van der Waals surface area contributed by atoms with E-state index in [2.05, 4.69) is 0 Å². The number of ether oxygens (including phenoxy) is 1. The molecular weight excluding hydrogens is 184 g/mol. The predicted octanol–water partition coefficient (Wildman–Crippen LogP) is 1.27. The molecule has 0 aromatic rings. The van der Waals surface area contributed by atoms with Crippen molar-refractivity contribution in [2.75, 3.05) is 13.7 Å². The van der Waals surface area contributed by atoms with Crippen LogP contribution in [0.1, 0.15) is 33.1 Å². The summed E-state index contributed by atoms with van der Waals surface area (Å²) in [5.41, 5.74) is -1.28. The highest BCUT2D eigenvalue weighted by atomic mass is 16.5. The molecule has 0 aromatic heterocycles. The summed E-state index contributed by atoms with van der Waals surface area (Å²) in [5, 5.41) is 18.8. The van der Waals surface area contributed by atoms with Gasteiger partial charge in [-0.1, -0.05) is 19.8 Å². The van der Waals surface area contributed by atoms with Crippen molar-refractivity contribution in [3.63, 3.8) is 0 Å². The Hall–Kier alpha value is -0.610. The van der Waals surface area contributed by atoms with Crippen LogP contribution in [0, 0.1) is 5.92 Å². The summed E-state index contributed by atoms with van der Waals surface area (Å²) in [6.07, 6.45) is 2.21. The smallest absolute Gasteiger partial charge is 0.309 e. The molecule has 0 rings (SSSR count). The Labute approximate surface area is 84.9 Å². The normalized spacial score (nSPS) is 17.4. The van der Waals surface area contributed by atoms with E-state index in [-0.39, 0.29) is 6.61 Å². The van der Waals surface area contributed by atoms with Crippen molar-refractivity contribution in [1.29, 1.82) is 0 Å². The van der Waals surface area contributed by atoms with E-state index in [1.54, 1.807) is 0 Å². The Bertz CT molecular complexity index is 177. The average molecular weight is 204 g/mol. The van der Waals surface area contributed by atoms with Crippen molar-refractivity contribution in [1.82, 2.24) is 0 Å². The van der Waals surface area contributed by atoms with Crippen LogP contribution >= 0.6 is 0 Å². The maximum absolute atomic E-state index is 10.9. The van der Waals surface area contributed by atoms with Crippen LogP contribution in [0.3, 0.4) is 0 Å². The summed E-state index contributed by atoms with van der Waals surface area (Å²) in [5.74, 6) is -1.71. The third-order valence-electron chi connectivity index (χ3n) is 2.33. The molecular formula is C10H20O4. The van der Waals surface area contributed by atoms with Crippen molar-refractivity contribution < 1.29 is 19.7 Å². The highest BCUT2D eigenvalue weighted by Gasteiger charge is 2.36. The third-order valence-corrected chi connectivity index (χ3v) is 2.33. The molecule has 2 unspecified atom stereocenters. The molecule has 0 saturated carbocycles. The summed E-state index contributed by atoms with van der Waals surface area (Å²) >= 11 is 0. The summed E-state index contributed by atoms with van der Waals surface area (Å²) in [6.45, 7) is 3.54. The zero-order chi connectivity index (χ0) is 11.2. The molecule has 0 heterocycles. The fourth-order valence-electron chi connectivity index (χ4n) is 1.50. The Kier molecular flexibility index (Phi) is 5.72. The molecule has 84 valence electrons. The van der Waals surface area contributed by atoms with Crippen molar-refractivity contribution >= 4 is 5.97 Å². The van der Waals surface area contributed by atoms with Gasteiger partial charge in [-0.3, -0.25) is 4.79 Å². The Morgan fingerprint density at radius 3 is 2.50 bits per heavy atom. The molecule has 2 atom stereocenters. The number of unbranched alkanes of at least 4 members (excludes halogenated alkanes) is 1. The molecule has 0 bridgehead atoms. The first kappa shape index (κ1) is 13.4. The second-order valence-electron chi connectivity index (χ2n) is 3.82. The SMILES string of the molecule is CCCCC(C(=O)O)C(C)(O)COC. The molecule has 0 saturated heterocycles. The quantitative estimate of drug-likeness (QED) is 0.655. The maximum Gasteiger partial charge on any atom is 0.309 e. The third kappa shape index (κ3) is 4.07. The van der Waals surface area contributed by atoms with Crippen LogP contribution in [0.25, 0.3) is 0 Å². The van der Waals surface area contributed by atoms with Crippen LogP contribution < -0.4 is 0 Å². The van der Waals surface area contributed by atoms with Gasteiger partial charge in [0.15, 0.2) is 0 Å². The standard InChI is InChI=1S/C10H20O4/c1-4-5-6-8(9(11)12)10(2,13)7-14-3/h8,13H,4-7H2,1-3H3,(H,11,12). The Morgan fingerprint density at radius 1 is 1.57 bits per heavy atom. The number of aliphatic carboxylic acids is 1. The van der Waals surface area contributed by atoms with Crippen LogP contribution in [0.5, 0.6) is 0 Å². The van der Waals surface area contributed by atoms with Crippen LogP contribution in [-0.4, -0.2) is 35.5 Å². The number of carboxylic acids is 1. The molecule has 0 amide bonds. The molecule has 0 aliphatic rings. The number of methoxy groups -OCH3 is 1. The number of hydrogen-bond acceptors (Lipinski definition) is 3. The molecule has 0 spiro atoms. The molecule has 4 heteroatoms. The van der Waals surface area contributed by atoms with Crippen molar-refractivity contribution in [3.05, 3.63) is 0 Å². The fourth-order valence-corrected chi connectivity index (χ4v) is 1.50. The first-order valence-corrected chi connectivity index (χ1v) is 4.89. The lowest BCUT2D eigenvalue weighted by molar-refractivity contribution is -0.155. The molecule has 0 radical (unpaired) electrons. The summed E-state index contributed by atoms with van der Waals surface area (Å²) in [7, 11) is 1.45. The summed E-state index contributed by atoms with van der Waals surface area (Å²) < 4.78 is 4.80. The lowest BCUT2D eigenvalue weighted by Crippen LogP contribution is -2.43. The van der Waals surface area contributed by atoms with Crippen LogP contribution in [0.2, 0.25) is 0 Å². The van der Waals surface area contributed by atoms with E-state index in [1.807, 2.05) is 6.92 Å². The van der Waals surface area contributed by atoms with Gasteiger partial charge in [0.25, 0.3) is 0 Å². The van der Waals surface area contributed by atoms with Gasteiger partial charge in [-0.25, -0.2) is 0 Å². The van der Waals surface area contributed by atoms with E-state index in [4.69, 9.17) is 9.84 Å². The predicted molar refractivity (Wildman–Crippen MR) is 53.2 cm³/mol. The topological polar surface area (TPSA) is 66.8 Å². The van der Waals surface area contributed by atoms with E-state index in [1.165, 1.54) is 14.0 Å². The monoisotopic (exact) mass is 204 g/mol. The zero-order valence-electron chi connectivity index (χ0n) is 9.12. The van der Waals surface area contributed by atoms with Crippen molar-refractivity contribution in [3.8, 4) is 0 Å². The fraction of sp³-hybridized carbons (Fsp3) is 0.900. The molecule has 0 aromatic carbocycles. The second-order valence-corrected chi connectivity index (χ2v) is 3.82. The molecule has 4 nitrogen and oxygen atoms in total. The van der Waals surface area contributed by atoms with Gasteiger partial charge in [0.1, 0.15) is 0 Å². The van der Waals surface area contributed by atoms with Gasteiger partial charge in [-0.15, -0.1) is 0 Å².